The number of fused-ring (bicyclic) bond motifs is 1. The van der Waals surface area contributed by atoms with Gasteiger partial charge in [0.15, 0.2) is 0 Å². The number of rotatable bonds is 3. The second kappa shape index (κ2) is 5.97. The zero-order valence-electron chi connectivity index (χ0n) is 11.1. The number of anilines is 1. The van der Waals surface area contributed by atoms with Crippen molar-refractivity contribution < 1.29 is 4.79 Å². The fraction of sp³-hybridized carbons (Fsp3) is 0. The molecule has 0 aliphatic carbocycles. The van der Waals surface area contributed by atoms with Crippen molar-refractivity contribution in [1.82, 2.24) is 4.98 Å². The number of nitrogens with one attached hydrogen (secondary N) is 2. The van der Waals surface area contributed by atoms with Gasteiger partial charge in [-0.25, -0.2) is 0 Å². The van der Waals surface area contributed by atoms with Crippen LogP contribution in [0.25, 0.3) is 17.0 Å². The van der Waals surface area contributed by atoms with E-state index in [0.717, 1.165) is 26.6 Å². The molecule has 3 rings (SSSR count). The molecule has 0 unspecified atom stereocenters. The molecule has 0 bridgehead atoms. The quantitative estimate of drug-likeness (QED) is 0.673. The molecular formula is C17H13BrN2O. The number of carbonyl (C=O) groups excluding carboxylic acids is 1. The van der Waals surface area contributed by atoms with Gasteiger partial charge in [0.1, 0.15) is 0 Å². The molecule has 21 heavy (non-hydrogen) atoms. The smallest absolute Gasteiger partial charge is 0.248 e. The summed E-state index contributed by atoms with van der Waals surface area (Å²) in [6, 6.07) is 15.5. The van der Waals surface area contributed by atoms with Gasteiger partial charge in [0.05, 0.1) is 0 Å². The van der Waals surface area contributed by atoms with E-state index in [0.29, 0.717) is 0 Å². The standard InChI is InChI=1S/C17H13BrN2O/c18-14-5-1-12(2-6-14)3-8-17(21)20-15-7-4-13-9-10-19-16(13)11-15/h1-11,19H,(H,20,21). The maximum atomic E-state index is 11.9. The average molecular weight is 341 g/mol. The van der Waals surface area contributed by atoms with E-state index in [9.17, 15) is 4.79 Å². The number of amides is 1. The van der Waals surface area contributed by atoms with Gasteiger partial charge in [-0.2, -0.15) is 0 Å². The van der Waals surface area contributed by atoms with E-state index in [-0.39, 0.29) is 5.91 Å². The monoisotopic (exact) mass is 340 g/mol. The van der Waals surface area contributed by atoms with Crippen LogP contribution in [0, 0.1) is 0 Å². The fourth-order valence-electron chi connectivity index (χ4n) is 2.06. The van der Waals surface area contributed by atoms with Crippen molar-refractivity contribution in [2.24, 2.45) is 0 Å². The summed E-state index contributed by atoms with van der Waals surface area (Å²) in [5.41, 5.74) is 2.76. The molecule has 1 aromatic heterocycles. The summed E-state index contributed by atoms with van der Waals surface area (Å²) < 4.78 is 1.02. The molecule has 3 nitrogen and oxygen atoms in total. The number of halogens is 1. The molecule has 0 fully saturated rings. The predicted molar refractivity (Wildman–Crippen MR) is 90.1 cm³/mol. The van der Waals surface area contributed by atoms with Crippen LogP contribution in [0.1, 0.15) is 5.56 Å². The minimum atomic E-state index is -0.149. The summed E-state index contributed by atoms with van der Waals surface area (Å²) in [5.74, 6) is -0.149. The topological polar surface area (TPSA) is 44.9 Å². The van der Waals surface area contributed by atoms with Crippen LogP contribution in [0.5, 0.6) is 0 Å². The summed E-state index contributed by atoms with van der Waals surface area (Å²) in [5, 5.41) is 3.97. The molecule has 0 spiro atoms. The molecule has 0 aliphatic heterocycles. The molecule has 4 heteroatoms. The minimum Gasteiger partial charge on any atom is -0.361 e. The van der Waals surface area contributed by atoms with Gasteiger partial charge in [0.2, 0.25) is 5.91 Å². The Morgan fingerprint density at radius 2 is 1.90 bits per heavy atom. The Bertz CT molecular complexity index is 803. The number of aromatic nitrogens is 1. The zero-order valence-corrected chi connectivity index (χ0v) is 12.7. The summed E-state index contributed by atoms with van der Waals surface area (Å²) in [7, 11) is 0. The molecular weight excluding hydrogens is 328 g/mol. The van der Waals surface area contributed by atoms with E-state index in [1.807, 2.05) is 54.7 Å². The number of H-pyrrole nitrogens is 1. The molecule has 104 valence electrons. The van der Waals surface area contributed by atoms with Crippen molar-refractivity contribution in [1.29, 1.82) is 0 Å². The van der Waals surface area contributed by atoms with E-state index in [1.165, 1.54) is 6.08 Å². The number of hydrogen-bond acceptors (Lipinski definition) is 1. The Kier molecular flexibility index (Phi) is 3.88. The lowest BCUT2D eigenvalue weighted by molar-refractivity contribution is -0.111. The van der Waals surface area contributed by atoms with Crippen molar-refractivity contribution in [3.05, 3.63) is 70.8 Å². The van der Waals surface area contributed by atoms with Crippen LogP contribution in [0.15, 0.2) is 65.3 Å². The Morgan fingerprint density at radius 1 is 1.10 bits per heavy atom. The molecule has 1 heterocycles. The van der Waals surface area contributed by atoms with E-state index in [2.05, 4.69) is 26.2 Å². The molecule has 0 saturated carbocycles. The third kappa shape index (κ3) is 3.41. The summed E-state index contributed by atoms with van der Waals surface area (Å²) in [4.78, 5) is 15.0. The Morgan fingerprint density at radius 3 is 2.71 bits per heavy atom. The molecule has 0 atom stereocenters. The predicted octanol–water partition coefficient (Wildman–Crippen LogP) is 4.58. The van der Waals surface area contributed by atoms with Crippen LogP contribution < -0.4 is 5.32 Å². The van der Waals surface area contributed by atoms with Crippen molar-refractivity contribution >= 4 is 44.5 Å². The summed E-state index contributed by atoms with van der Waals surface area (Å²) in [6.07, 6.45) is 5.20. The highest BCUT2D eigenvalue weighted by atomic mass is 79.9. The molecule has 2 N–H and O–H groups in total. The molecule has 2 aromatic carbocycles. The Balaban J connectivity index is 1.69. The highest BCUT2D eigenvalue weighted by Gasteiger charge is 2.00. The third-order valence-electron chi connectivity index (χ3n) is 3.12. The zero-order chi connectivity index (χ0) is 14.7. The van der Waals surface area contributed by atoms with Crippen molar-refractivity contribution in [2.75, 3.05) is 5.32 Å². The van der Waals surface area contributed by atoms with E-state index in [1.54, 1.807) is 6.08 Å². The van der Waals surface area contributed by atoms with Gasteiger partial charge in [-0.1, -0.05) is 34.1 Å². The molecule has 1 amide bonds. The lowest BCUT2D eigenvalue weighted by Crippen LogP contribution is -2.07. The highest BCUT2D eigenvalue weighted by molar-refractivity contribution is 9.10. The fourth-order valence-corrected chi connectivity index (χ4v) is 2.32. The maximum absolute atomic E-state index is 11.9. The second-order valence-electron chi connectivity index (χ2n) is 4.65. The molecule has 0 radical (unpaired) electrons. The summed E-state index contributed by atoms with van der Waals surface area (Å²) in [6.45, 7) is 0. The van der Waals surface area contributed by atoms with Gasteiger partial charge in [-0.15, -0.1) is 0 Å². The Labute approximate surface area is 130 Å². The van der Waals surface area contributed by atoms with Crippen LogP contribution in [0.4, 0.5) is 5.69 Å². The normalized spacial score (nSPS) is 11.1. The number of benzene rings is 2. The van der Waals surface area contributed by atoms with Gasteiger partial charge < -0.3 is 10.3 Å². The SMILES string of the molecule is O=C(C=Cc1ccc(Br)cc1)Nc1ccc2cc[nH]c2c1. The van der Waals surface area contributed by atoms with Gasteiger partial charge >= 0.3 is 0 Å². The van der Waals surface area contributed by atoms with Crippen molar-refractivity contribution in [2.45, 2.75) is 0 Å². The molecule has 3 aromatic rings. The van der Waals surface area contributed by atoms with Crippen molar-refractivity contribution in [3.63, 3.8) is 0 Å². The van der Waals surface area contributed by atoms with E-state index < -0.39 is 0 Å². The maximum Gasteiger partial charge on any atom is 0.248 e. The van der Waals surface area contributed by atoms with Crippen LogP contribution in [-0.2, 0) is 4.79 Å². The summed E-state index contributed by atoms with van der Waals surface area (Å²) >= 11 is 3.38. The highest BCUT2D eigenvalue weighted by Crippen LogP contribution is 2.17. The van der Waals surface area contributed by atoms with E-state index >= 15 is 0 Å². The lowest BCUT2D eigenvalue weighted by Gasteiger charge is -2.02. The first-order valence-corrected chi connectivity index (χ1v) is 7.32. The first-order chi connectivity index (χ1) is 10.2. The number of carbonyl (C=O) groups is 1. The van der Waals surface area contributed by atoms with Crippen LogP contribution >= 0.6 is 15.9 Å². The van der Waals surface area contributed by atoms with Gasteiger partial charge in [0.25, 0.3) is 0 Å². The van der Waals surface area contributed by atoms with Gasteiger partial charge in [-0.05, 0) is 47.4 Å². The molecule has 0 aliphatic rings. The Hall–Kier alpha value is -2.33. The van der Waals surface area contributed by atoms with Crippen LogP contribution in [0.3, 0.4) is 0 Å². The molecule has 0 saturated heterocycles. The number of aromatic amines is 1. The largest absolute Gasteiger partial charge is 0.361 e. The lowest BCUT2D eigenvalue weighted by atomic mass is 10.2. The average Bonchev–Trinajstić information content (AvgIpc) is 2.94. The minimum absolute atomic E-state index is 0.149. The first-order valence-electron chi connectivity index (χ1n) is 6.52. The van der Waals surface area contributed by atoms with Gasteiger partial charge in [-0.3, -0.25) is 4.79 Å². The van der Waals surface area contributed by atoms with Crippen molar-refractivity contribution in [3.8, 4) is 0 Å². The van der Waals surface area contributed by atoms with E-state index in [4.69, 9.17) is 0 Å². The third-order valence-corrected chi connectivity index (χ3v) is 3.65. The van der Waals surface area contributed by atoms with Crippen LogP contribution in [-0.4, -0.2) is 10.9 Å². The van der Waals surface area contributed by atoms with Crippen LogP contribution in [0.2, 0.25) is 0 Å². The first kappa shape index (κ1) is 13.6. The number of hydrogen-bond donors (Lipinski definition) is 2. The second-order valence-corrected chi connectivity index (χ2v) is 5.57. The van der Waals surface area contributed by atoms with Gasteiger partial charge in [0, 0.05) is 27.9 Å².